The third kappa shape index (κ3) is 2.94. The van der Waals surface area contributed by atoms with E-state index in [1.165, 1.54) is 24.6 Å². The quantitative estimate of drug-likeness (QED) is 0.609. The van der Waals surface area contributed by atoms with E-state index in [2.05, 4.69) is 25.5 Å². The van der Waals surface area contributed by atoms with Crippen LogP contribution in [0.2, 0.25) is 0 Å². The standard InChI is InChI=1S/C15H16N6O2S/c1-21-13(8-2-3-8)19-20-15(21)24-7-12(22)16-9-4-5-10-11(6-9)18-14(23)17-10/h4-6,8H,2-3,7H2,1H3,(H,16,22)(H2,17,18,23). The van der Waals surface area contributed by atoms with E-state index in [4.69, 9.17) is 0 Å². The summed E-state index contributed by atoms with van der Waals surface area (Å²) in [4.78, 5) is 28.7. The maximum absolute atomic E-state index is 12.1. The molecule has 24 heavy (non-hydrogen) atoms. The van der Waals surface area contributed by atoms with Crippen molar-refractivity contribution >= 4 is 34.4 Å². The Morgan fingerprint density at radius 3 is 2.92 bits per heavy atom. The van der Waals surface area contributed by atoms with Crippen molar-refractivity contribution in [1.82, 2.24) is 24.7 Å². The van der Waals surface area contributed by atoms with Crippen molar-refractivity contribution in [1.29, 1.82) is 0 Å². The van der Waals surface area contributed by atoms with Gasteiger partial charge in [-0.3, -0.25) is 4.79 Å². The fraction of sp³-hybridized carbons (Fsp3) is 0.333. The molecule has 1 aliphatic carbocycles. The molecule has 0 spiro atoms. The number of thioether (sulfide) groups is 1. The number of H-pyrrole nitrogens is 2. The van der Waals surface area contributed by atoms with Crippen molar-refractivity contribution in [2.45, 2.75) is 23.9 Å². The van der Waals surface area contributed by atoms with Crippen LogP contribution >= 0.6 is 11.8 Å². The number of aromatic amines is 2. The minimum absolute atomic E-state index is 0.131. The van der Waals surface area contributed by atoms with Gasteiger partial charge in [0.05, 0.1) is 16.8 Å². The zero-order valence-electron chi connectivity index (χ0n) is 13.0. The summed E-state index contributed by atoms with van der Waals surface area (Å²) in [5.74, 6) is 1.65. The molecule has 2 heterocycles. The number of amides is 1. The van der Waals surface area contributed by atoms with Crippen LogP contribution in [-0.4, -0.2) is 36.4 Å². The van der Waals surface area contributed by atoms with E-state index >= 15 is 0 Å². The molecule has 0 bridgehead atoms. The predicted octanol–water partition coefficient (Wildman–Crippen LogP) is 1.59. The van der Waals surface area contributed by atoms with E-state index in [0.717, 1.165) is 11.0 Å². The number of nitrogens with one attached hydrogen (secondary N) is 3. The van der Waals surface area contributed by atoms with Gasteiger partial charge in [0.25, 0.3) is 0 Å². The first-order valence-corrected chi connectivity index (χ1v) is 8.63. The Morgan fingerprint density at radius 1 is 1.33 bits per heavy atom. The van der Waals surface area contributed by atoms with Gasteiger partial charge in [0.2, 0.25) is 5.91 Å². The van der Waals surface area contributed by atoms with E-state index < -0.39 is 0 Å². The van der Waals surface area contributed by atoms with Crippen molar-refractivity contribution in [2.24, 2.45) is 7.05 Å². The Hall–Kier alpha value is -2.55. The van der Waals surface area contributed by atoms with Crippen LogP contribution in [0.5, 0.6) is 0 Å². The highest BCUT2D eigenvalue weighted by molar-refractivity contribution is 7.99. The molecule has 1 aromatic carbocycles. The molecule has 0 aliphatic heterocycles. The second-order valence-electron chi connectivity index (χ2n) is 5.85. The van der Waals surface area contributed by atoms with Crippen LogP contribution in [0.1, 0.15) is 24.6 Å². The van der Waals surface area contributed by atoms with Gasteiger partial charge in [-0.2, -0.15) is 0 Å². The van der Waals surface area contributed by atoms with E-state index in [1.54, 1.807) is 18.2 Å². The molecule has 3 aromatic rings. The van der Waals surface area contributed by atoms with Crippen molar-refractivity contribution in [3.8, 4) is 0 Å². The minimum Gasteiger partial charge on any atom is -0.325 e. The fourth-order valence-corrected chi connectivity index (χ4v) is 3.30. The number of hydrogen-bond donors (Lipinski definition) is 3. The van der Waals surface area contributed by atoms with Crippen LogP contribution in [0.15, 0.2) is 28.2 Å². The lowest BCUT2D eigenvalue weighted by Crippen LogP contribution is -2.14. The molecular formula is C15H16N6O2S. The summed E-state index contributed by atoms with van der Waals surface area (Å²) in [6.07, 6.45) is 2.34. The van der Waals surface area contributed by atoms with Crippen molar-refractivity contribution in [2.75, 3.05) is 11.1 Å². The summed E-state index contributed by atoms with van der Waals surface area (Å²) in [6.45, 7) is 0. The molecule has 0 atom stereocenters. The highest BCUT2D eigenvalue weighted by Crippen LogP contribution is 2.39. The average molecular weight is 344 g/mol. The Morgan fingerprint density at radius 2 is 2.12 bits per heavy atom. The number of aromatic nitrogens is 5. The molecule has 0 unspecified atom stereocenters. The number of fused-ring (bicyclic) bond motifs is 1. The Bertz CT molecular complexity index is 968. The summed E-state index contributed by atoms with van der Waals surface area (Å²) in [6, 6.07) is 5.23. The Kier molecular flexibility index (Phi) is 3.64. The van der Waals surface area contributed by atoms with E-state index in [1.807, 2.05) is 11.6 Å². The number of carbonyl (C=O) groups is 1. The first-order chi connectivity index (χ1) is 11.6. The van der Waals surface area contributed by atoms with Gasteiger partial charge in [0, 0.05) is 18.7 Å². The monoisotopic (exact) mass is 344 g/mol. The normalized spacial score (nSPS) is 14.2. The van der Waals surface area contributed by atoms with Crippen molar-refractivity contribution < 1.29 is 4.79 Å². The first kappa shape index (κ1) is 15.0. The van der Waals surface area contributed by atoms with Crippen LogP contribution in [0.3, 0.4) is 0 Å². The summed E-state index contributed by atoms with van der Waals surface area (Å²) in [5, 5.41) is 11.9. The molecule has 1 fully saturated rings. The molecule has 2 aromatic heterocycles. The van der Waals surface area contributed by atoms with E-state index in [0.29, 0.717) is 22.6 Å². The van der Waals surface area contributed by atoms with Gasteiger partial charge in [-0.05, 0) is 31.0 Å². The van der Waals surface area contributed by atoms with Gasteiger partial charge in [-0.25, -0.2) is 4.79 Å². The lowest BCUT2D eigenvalue weighted by molar-refractivity contribution is -0.113. The second kappa shape index (κ2) is 5.82. The third-order valence-electron chi connectivity index (χ3n) is 3.94. The van der Waals surface area contributed by atoms with Crippen molar-refractivity contribution in [3.05, 3.63) is 34.5 Å². The van der Waals surface area contributed by atoms with Crippen LogP contribution in [0, 0.1) is 0 Å². The second-order valence-corrected chi connectivity index (χ2v) is 6.79. The maximum Gasteiger partial charge on any atom is 0.323 e. The van der Waals surface area contributed by atoms with Crippen LogP contribution in [0.4, 0.5) is 5.69 Å². The molecule has 3 N–H and O–H groups in total. The summed E-state index contributed by atoms with van der Waals surface area (Å²) in [7, 11) is 1.93. The lowest BCUT2D eigenvalue weighted by Gasteiger charge is -2.05. The van der Waals surface area contributed by atoms with Gasteiger partial charge < -0.3 is 19.9 Å². The smallest absolute Gasteiger partial charge is 0.323 e. The zero-order chi connectivity index (χ0) is 16.7. The topological polar surface area (TPSA) is 108 Å². The number of nitrogens with zero attached hydrogens (tertiary/aromatic N) is 3. The molecule has 1 saturated carbocycles. The largest absolute Gasteiger partial charge is 0.325 e. The molecular weight excluding hydrogens is 328 g/mol. The van der Waals surface area contributed by atoms with Crippen LogP contribution in [0.25, 0.3) is 11.0 Å². The molecule has 8 nitrogen and oxygen atoms in total. The molecule has 1 aliphatic rings. The highest BCUT2D eigenvalue weighted by atomic mass is 32.2. The first-order valence-electron chi connectivity index (χ1n) is 7.64. The molecule has 0 radical (unpaired) electrons. The number of rotatable bonds is 5. The summed E-state index contributed by atoms with van der Waals surface area (Å²) >= 11 is 1.36. The van der Waals surface area contributed by atoms with Crippen molar-refractivity contribution in [3.63, 3.8) is 0 Å². The Balaban J connectivity index is 1.39. The van der Waals surface area contributed by atoms with Gasteiger partial charge >= 0.3 is 5.69 Å². The lowest BCUT2D eigenvalue weighted by atomic mass is 10.3. The van der Waals surface area contributed by atoms with Gasteiger partial charge in [-0.1, -0.05) is 11.8 Å². The van der Waals surface area contributed by atoms with Gasteiger partial charge in [-0.15, -0.1) is 10.2 Å². The summed E-state index contributed by atoms with van der Waals surface area (Å²) < 4.78 is 1.96. The summed E-state index contributed by atoms with van der Waals surface area (Å²) in [5.41, 5.74) is 1.74. The van der Waals surface area contributed by atoms with Crippen LogP contribution < -0.4 is 11.0 Å². The highest BCUT2D eigenvalue weighted by Gasteiger charge is 2.29. The van der Waals surface area contributed by atoms with E-state index in [9.17, 15) is 9.59 Å². The number of anilines is 1. The Labute approximate surface area is 141 Å². The molecule has 0 saturated heterocycles. The van der Waals surface area contributed by atoms with Crippen LogP contribution in [-0.2, 0) is 11.8 Å². The maximum atomic E-state index is 12.1. The third-order valence-corrected chi connectivity index (χ3v) is 4.96. The fourth-order valence-electron chi connectivity index (χ4n) is 2.59. The molecule has 124 valence electrons. The van der Waals surface area contributed by atoms with Gasteiger partial charge in [0.1, 0.15) is 5.82 Å². The molecule has 9 heteroatoms. The number of hydrogen-bond acceptors (Lipinski definition) is 5. The average Bonchev–Trinajstić information content (AvgIpc) is 3.22. The number of benzene rings is 1. The zero-order valence-corrected chi connectivity index (χ0v) is 13.8. The van der Waals surface area contributed by atoms with Gasteiger partial charge in [0.15, 0.2) is 5.16 Å². The minimum atomic E-state index is -0.266. The SMILES string of the molecule is Cn1c(SCC(=O)Nc2ccc3[nH]c(=O)[nH]c3c2)nnc1C1CC1. The molecule has 1 amide bonds. The molecule has 4 rings (SSSR count). The number of carbonyl (C=O) groups excluding carboxylic acids is 1. The van der Waals surface area contributed by atoms with E-state index in [-0.39, 0.29) is 17.3 Å². The number of imidazole rings is 1. The predicted molar refractivity (Wildman–Crippen MR) is 91.3 cm³/mol.